The molecular formula is C62H84N8O13. The Morgan fingerprint density at radius 3 is 2.23 bits per heavy atom. The smallest absolute Gasteiger partial charge is 0.410 e. The van der Waals surface area contributed by atoms with Gasteiger partial charge in [0.15, 0.2) is 11.6 Å². The summed E-state index contributed by atoms with van der Waals surface area (Å²) in [5.41, 5.74) is 7.73. The number of esters is 1. The molecule has 2 aromatic carbocycles. The summed E-state index contributed by atoms with van der Waals surface area (Å²) in [5, 5.41) is 6.25. The number of ether oxygens (including phenoxy) is 4. The number of para-hydroxylation sites is 1. The first-order valence-corrected chi connectivity index (χ1v) is 29.1. The van der Waals surface area contributed by atoms with E-state index in [1.54, 1.807) is 45.0 Å². The number of ketones is 3. The molecule has 0 aliphatic carbocycles. The molecule has 0 radical (unpaired) electrons. The van der Waals surface area contributed by atoms with Gasteiger partial charge in [0.1, 0.15) is 35.9 Å². The van der Waals surface area contributed by atoms with Gasteiger partial charge in [-0.3, -0.25) is 43.4 Å². The highest BCUT2D eigenvalue weighted by atomic mass is 16.6. The average molecular weight is 1150 g/mol. The van der Waals surface area contributed by atoms with E-state index in [0.717, 1.165) is 10.9 Å². The summed E-state index contributed by atoms with van der Waals surface area (Å²) in [6, 6.07) is 12.5. The Bertz CT molecular complexity index is 2980. The molecule has 0 saturated carbocycles. The second-order valence-corrected chi connectivity index (χ2v) is 23.4. The van der Waals surface area contributed by atoms with Gasteiger partial charge in [-0.25, -0.2) is 19.6 Å². The predicted molar refractivity (Wildman–Crippen MR) is 310 cm³/mol. The molecule has 0 spiro atoms. The molecule has 450 valence electrons. The number of rotatable bonds is 33. The highest BCUT2D eigenvalue weighted by molar-refractivity contribution is 6.13. The standard InChI is InChI=1S/C62H84N8O13/c1-9-80-38-52-67-56-48(36-51(73)49-22-16-32-68(49)60(79)83-61(4,5)6)65-46-20-13-12-19-44(46)57(56)70(52)39-62(7,8)82-33-17-23-55(76)81-37-42-26-24-41(25-27-42)34-50(72)47(21-15-30-64-59(63)78)66-58(77)45(40(2)3)35-43(71)18-11-10-14-31-69-53(74)28-29-54(69)75/h12-13,19-20,24-29,40,45,47,49H,9-11,14-18,21-23,30-39H2,1-8H3,(H,66,77)(H3,63,64,78)/t45-,47-,49-/m0/s1. The number of likely N-dealkylation sites (tertiary alicyclic amines) is 1. The Labute approximate surface area is 486 Å². The molecule has 1 saturated heterocycles. The lowest BCUT2D eigenvalue weighted by Crippen LogP contribution is -2.46. The number of Topliss-reactive ketones (excluding diaryl/α,β-unsaturated/α-hetero) is 3. The zero-order valence-electron chi connectivity index (χ0n) is 49.6. The molecule has 4 heterocycles. The van der Waals surface area contributed by atoms with Crippen molar-refractivity contribution in [1.82, 2.24) is 35.0 Å². The number of nitrogens with zero attached hydrogens (tertiary/aromatic N) is 5. The summed E-state index contributed by atoms with van der Waals surface area (Å²) in [7, 11) is 0. The number of aromatic nitrogens is 3. The van der Waals surface area contributed by atoms with Gasteiger partial charge in [0.25, 0.3) is 11.8 Å². The van der Waals surface area contributed by atoms with Crippen molar-refractivity contribution in [1.29, 1.82) is 0 Å². The minimum Gasteiger partial charge on any atom is -0.461 e. The molecule has 3 atom stereocenters. The van der Waals surface area contributed by atoms with Gasteiger partial charge in [0.05, 0.1) is 47.4 Å². The van der Waals surface area contributed by atoms with Crippen LogP contribution < -0.4 is 16.4 Å². The van der Waals surface area contributed by atoms with Gasteiger partial charge < -0.3 is 39.9 Å². The normalized spacial score (nSPS) is 15.3. The third kappa shape index (κ3) is 19.3. The summed E-state index contributed by atoms with van der Waals surface area (Å²) in [6.45, 7) is 17.1. The first-order chi connectivity index (χ1) is 39.4. The highest BCUT2D eigenvalue weighted by Gasteiger charge is 2.38. The SMILES string of the molecule is CCOCc1nc2c(CC(=O)[C@@H]3CCCN3C(=O)OC(C)(C)C)nc3ccccc3c2n1CC(C)(C)OCCCC(=O)OCc1ccc(CC(=O)[C@H](CCCNC(N)=O)NC(=O)[C@@H](CC(=O)CCCCCN2C(=O)C=CC2=O)C(C)C)cc1. The molecule has 83 heavy (non-hydrogen) atoms. The number of hydrogen-bond acceptors (Lipinski definition) is 15. The third-order valence-electron chi connectivity index (χ3n) is 14.6. The number of imidazole rings is 1. The summed E-state index contributed by atoms with van der Waals surface area (Å²) < 4.78 is 25.7. The molecule has 21 nitrogen and oxygen atoms in total. The van der Waals surface area contributed by atoms with Crippen LogP contribution in [0.5, 0.6) is 0 Å². The maximum atomic E-state index is 14.1. The van der Waals surface area contributed by atoms with E-state index >= 15 is 0 Å². The molecule has 21 heteroatoms. The number of primary amides is 1. The fraction of sp³-hybridized carbons (Fsp3) is 0.565. The number of carbonyl (C=O) groups is 9. The van der Waals surface area contributed by atoms with Crippen LogP contribution in [0, 0.1) is 11.8 Å². The van der Waals surface area contributed by atoms with Crippen LogP contribution in [0.4, 0.5) is 9.59 Å². The molecule has 2 aliphatic heterocycles. The Balaban J connectivity index is 0.999. The van der Waals surface area contributed by atoms with Crippen LogP contribution in [0.2, 0.25) is 0 Å². The predicted octanol–water partition coefficient (Wildman–Crippen LogP) is 7.71. The summed E-state index contributed by atoms with van der Waals surface area (Å²) >= 11 is 0. The zero-order valence-corrected chi connectivity index (χ0v) is 49.6. The molecule has 2 aromatic heterocycles. The minimum atomic E-state index is -0.906. The number of nitrogens with two attached hydrogens (primary N) is 1. The maximum Gasteiger partial charge on any atom is 0.410 e. The van der Waals surface area contributed by atoms with Crippen molar-refractivity contribution in [3.63, 3.8) is 0 Å². The fourth-order valence-electron chi connectivity index (χ4n) is 10.3. The first kappa shape index (κ1) is 64.8. The van der Waals surface area contributed by atoms with Gasteiger partial charge >= 0.3 is 18.1 Å². The van der Waals surface area contributed by atoms with E-state index < -0.39 is 53.2 Å². The number of unbranched alkanes of at least 4 members (excludes halogenated alkanes) is 2. The van der Waals surface area contributed by atoms with Crippen molar-refractivity contribution in [2.75, 3.05) is 32.8 Å². The number of benzene rings is 2. The Hall–Kier alpha value is -7.39. The summed E-state index contributed by atoms with van der Waals surface area (Å²) in [4.78, 5) is 128. The molecule has 0 bridgehead atoms. The number of carbonyl (C=O) groups excluding carboxylic acids is 9. The number of hydrogen-bond donors (Lipinski definition) is 3. The van der Waals surface area contributed by atoms with Crippen molar-refractivity contribution >= 4 is 75.1 Å². The zero-order chi connectivity index (χ0) is 60.4. The van der Waals surface area contributed by atoms with E-state index in [1.807, 2.05) is 58.9 Å². The van der Waals surface area contributed by atoms with E-state index in [4.69, 9.17) is 34.6 Å². The lowest BCUT2D eigenvalue weighted by atomic mass is 9.88. The molecule has 6 rings (SSSR count). The van der Waals surface area contributed by atoms with Crippen LogP contribution in [-0.4, -0.2) is 134 Å². The molecule has 1 fully saturated rings. The number of urea groups is 1. The van der Waals surface area contributed by atoms with Gasteiger partial charge in [-0.2, -0.15) is 0 Å². The highest BCUT2D eigenvalue weighted by Crippen LogP contribution is 2.32. The van der Waals surface area contributed by atoms with Crippen LogP contribution in [-0.2, 0) is 85.1 Å². The number of imide groups is 1. The van der Waals surface area contributed by atoms with Crippen molar-refractivity contribution < 1.29 is 62.1 Å². The number of nitrogens with one attached hydrogen (secondary N) is 2. The quantitative estimate of drug-likeness (QED) is 0.0234. The van der Waals surface area contributed by atoms with Gasteiger partial charge in [0, 0.05) is 82.0 Å². The topological polar surface area (TPSA) is 278 Å². The molecule has 6 amide bonds. The summed E-state index contributed by atoms with van der Waals surface area (Å²) in [5.74, 6) is -2.27. The van der Waals surface area contributed by atoms with E-state index in [-0.39, 0.29) is 107 Å². The van der Waals surface area contributed by atoms with Crippen molar-refractivity contribution in [3.8, 4) is 0 Å². The Kier molecular flexibility index (Phi) is 23.6. The van der Waals surface area contributed by atoms with Crippen molar-refractivity contribution in [2.45, 2.75) is 182 Å². The van der Waals surface area contributed by atoms with E-state index in [1.165, 1.54) is 22.0 Å². The van der Waals surface area contributed by atoms with Gasteiger partial charge in [-0.05, 0) is 110 Å². The molecular weight excluding hydrogens is 1060 g/mol. The first-order valence-electron chi connectivity index (χ1n) is 29.1. The molecule has 4 N–H and O–H groups in total. The average Bonchev–Trinajstić information content (AvgIpc) is 3.21. The third-order valence-corrected chi connectivity index (χ3v) is 14.6. The fourth-order valence-corrected chi connectivity index (χ4v) is 10.3. The number of amides is 6. The van der Waals surface area contributed by atoms with Crippen molar-refractivity contribution in [3.05, 3.63) is 83.3 Å². The van der Waals surface area contributed by atoms with E-state index in [2.05, 4.69) is 15.2 Å². The van der Waals surface area contributed by atoms with Gasteiger partial charge in [-0.15, -0.1) is 0 Å². The minimum absolute atomic E-state index is 0.00718. The second-order valence-electron chi connectivity index (χ2n) is 23.4. The van der Waals surface area contributed by atoms with Gasteiger partial charge in [-0.1, -0.05) is 62.7 Å². The second kappa shape index (κ2) is 30.2. The largest absolute Gasteiger partial charge is 0.461 e. The van der Waals surface area contributed by atoms with E-state index in [0.29, 0.717) is 98.3 Å². The Morgan fingerprint density at radius 2 is 1.54 bits per heavy atom. The monoisotopic (exact) mass is 1150 g/mol. The van der Waals surface area contributed by atoms with Crippen LogP contribution >= 0.6 is 0 Å². The van der Waals surface area contributed by atoms with Crippen LogP contribution in [0.15, 0.2) is 60.7 Å². The van der Waals surface area contributed by atoms with Crippen LogP contribution in [0.25, 0.3) is 21.9 Å². The van der Waals surface area contributed by atoms with Gasteiger partial charge in [0.2, 0.25) is 5.91 Å². The molecule has 0 unspecified atom stereocenters. The van der Waals surface area contributed by atoms with E-state index in [9.17, 15) is 43.2 Å². The molecule has 2 aliphatic rings. The maximum absolute atomic E-state index is 14.1. The Morgan fingerprint density at radius 1 is 0.831 bits per heavy atom. The number of fused-ring (bicyclic) bond motifs is 3. The van der Waals surface area contributed by atoms with Crippen LogP contribution in [0.3, 0.4) is 0 Å². The lowest BCUT2D eigenvalue weighted by molar-refractivity contribution is -0.146. The summed E-state index contributed by atoms with van der Waals surface area (Å²) in [6.07, 6.45) is 6.16. The van der Waals surface area contributed by atoms with Crippen molar-refractivity contribution in [2.24, 2.45) is 17.6 Å². The lowest BCUT2D eigenvalue weighted by Gasteiger charge is -2.28. The van der Waals surface area contributed by atoms with Crippen LogP contribution in [0.1, 0.15) is 149 Å². The molecule has 4 aromatic rings. The number of pyridine rings is 1.